The van der Waals surface area contributed by atoms with Gasteiger partial charge in [-0.15, -0.1) is 34.0 Å². The summed E-state index contributed by atoms with van der Waals surface area (Å²) in [6, 6.07) is 175. The Hall–Kier alpha value is -19.2. The molecule has 0 bridgehead atoms. The molecule has 0 spiro atoms. The van der Waals surface area contributed by atoms with Gasteiger partial charge in [0, 0.05) is 151 Å². The molecule has 0 amide bonds. The quantitative estimate of drug-likeness (QED) is 0.127. The van der Waals surface area contributed by atoms with Crippen LogP contribution in [0.3, 0.4) is 0 Å². The van der Waals surface area contributed by atoms with Gasteiger partial charge in [-0.1, -0.05) is 419 Å². The fourth-order valence-corrected chi connectivity index (χ4v) is 27.0. The first kappa shape index (κ1) is 86.3. The van der Waals surface area contributed by atoms with Crippen molar-refractivity contribution in [2.45, 2.75) is 0 Å². The maximum absolute atomic E-state index is 5.32. The van der Waals surface area contributed by atoms with Gasteiger partial charge in [0.15, 0.2) is 29.1 Å². The molecule has 0 aliphatic rings. The van der Waals surface area contributed by atoms with E-state index in [4.69, 9.17) is 34.9 Å². The van der Waals surface area contributed by atoms with Crippen molar-refractivity contribution in [3.8, 4) is 108 Å². The first-order chi connectivity index (χ1) is 74.4. The van der Waals surface area contributed by atoms with Gasteiger partial charge in [0.25, 0.3) is 0 Å². The number of fused-ring (bicyclic) bond motifs is 36. The van der Waals surface area contributed by atoms with Crippen LogP contribution >= 0.6 is 34.0 Å². The third-order valence-corrected chi connectivity index (χ3v) is 33.3. The third kappa shape index (κ3) is 14.0. The summed E-state index contributed by atoms with van der Waals surface area (Å²) in [7, 11) is 0. The topological polar surface area (TPSA) is 105 Å². The number of benzene rings is 23. The Morgan fingerprint density at radius 1 is 0.167 bits per heavy atom. The van der Waals surface area contributed by atoms with Crippen LogP contribution in [0.2, 0.25) is 0 Å². The van der Waals surface area contributed by atoms with E-state index in [0.717, 1.165) is 78.7 Å². The van der Waals surface area contributed by atoms with Crippen molar-refractivity contribution < 1.29 is 0 Å². The van der Waals surface area contributed by atoms with Crippen molar-refractivity contribution in [3.05, 3.63) is 498 Å². The molecule has 0 unspecified atom stereocenters. The molecule has 698 valence electrons. The smallest absolute Gasteiger partial charge is 0.164 e. The second-order valence-electron chi connectivity index (χ2n) is 38.3. The minimum Gasteiger partial charge on any atom is -0.307 e. The summed E-state index contributed by atoms with van der Waals surface area (Å²) < 4.78 is 15.3. The molecule has 13 heteroatoms. The van der Waals surface area contributed by atoms with Crippen LogP contribution in [0.1, 0.15) is 0 Å². The van der Waals surface area contributed by atoms with E-state index in [2.05, 4.69) is 414 Å². The lowest BCUT2D eigenvalue weighted by molar-refractivity contribution is 1.07. The van der Waals surface area contributed by atoms with Crippen LogP contribution < -0.4 is 0 Å². The highest BCUT2D eigenvalue weighted by atomic mass is 32.1. The van der Waals surface area contributed by atoms with E-state index in [1.54, 1.807) is 0 Å². The van der Waals surface area contributed by atoms with E-state index >= 15 is 0 Å². The summed E-state index contributed by atoms with van der Waals surface area (Å²) in [5, 5.41) is 30.5. The Kier molecular flexibility index (Phi) is 20.4. The largest absolute Gasteiger partial charge is 0.307 e. The fraction of sp³-hybridized carbons (Fsp3) is 0. The maximum Gasteiger partial charge on any atom is 0.164 e. The molecule has 9 aromatic heterocycles. The molecule has 9 heterocycles. The van der Waals surface area contributed by atoms with Crippen LogP contribution in [0.4, 0.5) is 0 Å². The van der Waals surface area contributed by atoms with E-state index in [-0.39, 0.29) is 0 Å². The molecule has 0 saturated carbocycles. The zero-order valence-electron chi connectivity index (χ0n) is 80.5. The predicted molar refractivity (Wildman–Crippen MR) is 634 cm³/mol. The Morgan fingerprint density at radius 3 is 0.773 bits per heavy atom. The second-order valence-corrected chi connectivity index (χ2v) is 41.4. The highest BCUT2D eigenvalue weighted by Gasteiger charge is 2.31. The Bertz CT molecular complexity index is 10600. The maximum atomic E-state index is 5.32. The molecule has 150 heavy (non-hydrogen) atoms. The first-order valence-electron chi connectivity index (χ1n) is 50.6. The van der Waals surface area contributed by atoms with Crippen LogP contribution in [0.15, 0.2) is 498 Å². The van der Waals surface area contributed by atoms with E-state index in [0.29, 0.717) is 29.1 Å². The molecule has 0 saturated heterocycles. The monoisotopic (exact) mass is 1960 g/mol. The number of aromatic nitrogens is 10. The Morgan fingerprint density at radius 2 is 0.427 bits per heavy atom. The molecule has 32 rings (SSSR count). The average Bonchev–Trinajstić information content (AvgIpc) is 1.54. The van der Waals surface area contributed by atoms with Gasteiger partial charge in [0.2, 0.25) is 0 Å². The van der Waals surface area contributed by atoms with Crippen molar-refractivity contribution >= 4 is 225 Å². The standard InChI is InChI=1S/C48H29N3S.C47H28N4S.C42H25N3S/c1-3-14-31(15-4-1)40-29-41(32-16-5-2-6-17-32)50-48(49-40)33-23-26-34(27-24-33)51-45-35-18-8-7-13-30(35)25-28-39(45)43-36-19-9-10-20-37(36)44-38-21-11-12-22-42(38)52-47(44)46(43)51;1-3-14-30(15-4-1)45-48-46(31-16-5-2-6-17-31)50-47(49-45)32-23-26-33(27-24-32)51-42-34-18-8-7-13-29(34)25-28-38(42)40-35-19-9-10-20-36(35)41-37-21-11-12-22-39(37)52-44(41)43(40)51;1-3-14-27(15-4-1)38-34(25-43-42(44-38)28-16-5-2-6-17-28)45-39-29-18-8-7-13-26(29)23-24-33(39)36-30-19-9-10-20-31(30)37-32-21-11-12-22-35(32)46-41(37)40(36)45/h1-29H;1-28H;1-25H. The normalized spacial score (nSPS) is 11.9. The Labute approximate surface area is 871 Å². The predicted octanol–water partition coefficient (Wildman–Crippen LogP) is 37.5. The van der Waals surface area contributed by atoms with Gasteiger partial charge in [0.1, 0.15) is 0 Å². The molecule has 0 aliphatic heterocycles. The fourth-order valence-electron chi connectivity index (χ4n) is 23.2. The van der Waals surface area contributed by atoms with Crippen LogP contribution in [-0.4, -0.2) is 48.6 Å². The van der Waals surface area contributed by atoms with Gasteiger partial charge in [-0.3, -0.25) is 0 Å². The molecule has 0 radical (unpaired) electrons. The summed E-state index contributed by atoms with van der Waals surface area (Å²) in [5.41, 5.74) is 21.2. The molecular formula is C137H82N10S3. The van der Waals surface area contributed by atoms with Gasteiger partial charge >= 0.3 is 0 Å². The van der Waals surface area contributed by atoms with E-state index < -0.39 is 0 Å². The van der Waals surface area contributed by atoms with Crippen molar-refractivity contribution in [3.63, 3.8) is 0 Å². The van der Waals surface area contributed by atoms with Crippen molar-refractivity contribution in [1.82, 2.24) is 48.6 Å². The SMILES string of the molecule is c1ccc(-c2cc(-c3ccccc3)nc(-c3ccc(-n4c5c6ccccc6ccc5c5c6ccccc6c6c7ccccc7sc6c54)cc3)n2)cc1.c1ccc(-c2nc(-c3ccccc3)nc(-c3ccc(-n4c5c6ccccc6ccc5c5c6ccccc6c6c7ccccc7sc6c54)cc3)n2)cc1.c1ccc(-c2ncc(-n3c4c5ccccc5ccc4c4c5ccccc5c5c6ccccc6sc5c43)c(-c3ccccc3)n2)cc1. The molecule has 0 fully saturated rings. The van der Waals surface area contributed by atoms with Crippen LogP contribution in [0.5, 0.6) is 0 Å². The summed E-state index contributed by atoms with van der Waals surface area (Å²) >= 11 is 5.66. The van der Waals surface area contributed by atoms with Gasteiger partial charge < -0.3 is 13.7 Å². The summed E-state index contributed by atoms with van der Waals surface area (Å²) in [4.78, 5) is 35.5. The number of nitrogens with zero attached hydrogens (tertiary/aromatic N) is 10. The molecule has 0 N–H and O–H groups in total. The zero-order chi connectivity index (χ0) is 98.5. The molecular weight excluding hydrogens is 1880 g/mol. The van der Waals surface area contributed by atoms with E-state index in [1.165, 1.54) is 191 Å². The number of hydrogen-bond acceptors (Lipinski definition) is 10. The lowest BCUT2D eigenvalue weighted by Crippen LogP contribution is -2.03. The number of rotatable bonds is 11. The zero-order valence-corrected chi connectivity index (χ0v) is 83.0. The molecule has 23 aromatic carbocycles. The minimum atomic E-state index is 0.643. The highest BCUT2D eigenvalue weighted by molar-refractivity contribution is 7.28. The van der Waals surface area contributed by atoms with Crippen LogP contribution in [-0.2, 0) is 0 Å². The van der Waals surface area contributed by atoms with Crippen LogP contribution in [0, 0.1) is 0 Å². The van der Waals surface area contributed by atoms with Crippen LogP contribution in [0.25, 0.3) is 298 Å². The summed E-state index contributed by atoms with van der Waals surface area (Å²) in [6.07, 6.45) is 2.03. The highest BCUT2D eigenvalue weighted by Crippen LogP contribution is 2.55. The van der Waals surface area contributed by atoms with Gasteiger partial charge in [-0.05, 0) is 121 Å². The molecule has 0 atom stereocenters. The second kappa shape index (κ2) is 35.4. The number of hydrogen-bond donors (Lipinski definition) is 0. The Balaban J connectivity index is 0.000000104. The van der Waals surface area contributed by atoms with E-state index in [9.17, 15) is 0 Å². The lowest BCUT2D eigenvalue weighted by Gasteiger charge is -2.16. The van der Waals surface area contributed by atoms with Gasteiger partial charge in [0.05, 0.1) is 76.2 Å². The first-order valence-corrected chi connectivity index (χ1v) is 53.0. The molecule has 32 aromatic rings. The third-order valence-electron chi connectivity index (χ3n) is 29.8. The van der Waals surface area contributed by atoms with Crippen molar-refractivity contribution in [1.29, 1.82) is 0 Å². The van der Waals surface area contributed by atoms with Gasteiger partial charge in [-0.2, -0.15) is 0 Å². The van der Waals surface area contributed by atoms with Crippen molar-refractivity contribution in [2.24, 2.45) is 0 Å². The summed E-state index contributed by atoms with van der Waals surface area (Å²) in [5.74, 6) is 3.37. The molecule has 10 nitrogen and oxygen atoms in total. The number of thiophene rings is 3. The minimum absolute atomic E-state index is 0.643. The lowest BCUT2D eigenvalue weighted by atomic mass is 9.98. The summed E-state index contributed by atoms with van der Waals surface area (Å²) in [6.45, 7) is 0. The van der Waals surface area contributed by atoms with Crippen molar-refractivity contribution in [2.75, 3.05) is 0 Å². The molecule has 0 aliphatic carbocycles. The van der Waals surface area contributed by atoms with E-state index in [1.807, 2.05) is 131 Å². The average molecular weight is 1960 g/mol. The van der Waals surface area contributed by atoms with Gasteiger partial charge in [-0.25, -0.2) is 34.9 Å².